The molecule has 0 fully saturated rings. The van der Waals surface area contributed by atoms with Gasteiger partial charge in [0.25, 0.3) is 0 Å². The molecule has 0 amide bonds. The molecule has 0 aliphatic carbocycles. The van der Waals surface area contributed by atoms with E-state index in [4.69, 9.17) is 4.42 Å². The van der Waals surface area contributed by atoms with Gasteiger partial charge >= 0.3 is 0 Å². The van der Waals surface area contributed by atoms with Crippen molar-refractivity contribution >= 4 is 38.2 Å². The van der Waals surface area contributed by atoms with Crippen molar-refractivity contribution in [3.05, 3.63) is 56.9 Å². The van der Waals surface area contributed by atoms with Gasteiger partial charge in [0.2, 0.25) is 0 Å². The van der Waals surface area contributed by atoms with Gasteiger partial charge in [-0.25, -0.2) is 0 Å². The van der Waals surface area contributed by atoms with Crippen molar-refractivity contribution < 1.29 is 4.42 Å². The quantitative estimate of drug-likeness (QED) is 0.729. The SMILES string of the molecule is CCNC(c1cc2cccc(Br)c2o1)c1cccs1. The third kappa shape index (κ3) is 2.48. The van der Waals surface area contributed by atoms with E-state index in [1.54, 1.807) is 11.3 Å². The number of hydrogen-bond donors (Lipinski definition) is 1. The monoisotopic (exact) mass is 335 g/mol. The minimum Gasteiger partial charge on any atom is -0.458 e. The lowest BCUT2D eigenvalue weighted by atomic mass is 10.1. The van der Waals surface area contributed by atoms with E-state index in [1.807, 2.05) is 12.1 Å². The second-order valence-electron chi connectivity index (χ2n) is 4.31. The average molecular weight is 336 g/mol. The molecule has 0 aliphatic heterocycles. The fourth-order valence-electron chi connectivity index (χ4n) is 2.19. The van der Waals surface area contributed by atoms with Gasteiger partial charge in [0.15, 0.2) is 0 Å². The molecule has 2 heterocycles. The number of fused-ring (bicyclic) bond motifs is 1. The number of benzene rings is 1. The highest BCUT2D eigenvalue weighted by Gasteiger charge is 2.19. The fourth-order valence-corrected chi connectivity index (χ4v) is 3.46. The minimum atomic E-state index is 0.129. The van der Waals surface area contributed by atoms with Crippen LogP contribution in [0.3, 0.4) is 0 Å². The predicted molar refractivity (Wildman–Crippen MR) is 83.8 cm³/mol. The first-order valence-electron chi connectivity index (χ1n) is 6.24. The topological polar surface area (TPSA) is 25.2 Å². The molecule has 19 heavy (non-hydrogen) atoms. The first-order chi connectivity index (χ1) is 9.29. The van der Waals surface area contributed by atoms with Crippen LogP contribution in [0.2, 0.25) is 0 Å². The summed E-state index contributed by atoms with van der Waals surface area (Å²) in [5.74, 6) is 0.964. The van der Waals surface area contributed by atoms with Gasteiger partial charge in [-0.15, -0.1) is 11.3 Å². The predicted octanol–water partition coefficient (Wildman–Crippen LogP) is 4.96. The zero-order valence-corrected chi connectivity index (χ0v) is 12.9. The van der Waals surface area contributed by atoms with Gasteiger partial charge in [0.1, 0.15) is 17.4 Å². The van der Waals surface area contributed by atoms with Crippen molar-refractivity contribution in [2.75, 3.05) is 6.54 Å². The number of para-hydroxylation sites is 1. The van der Waals surface area contributed by atoms with Crippen LogP contribution in [0.5, 0.6) is 0 Å². The average Bonchev–Trinajstić information content (AvgIpc) is 3.05. The molecule has 1 unspecified atom stereocenters. The van der Waals surface area contributed by atoms with Crippen LogP contribution in [0.25, 0.3) is 11.0 Å². The fraction of sp³-hybridized carbons (Fsp3) is 0.200. The van der Waals surface area contributed by atoms with E-state index in [0.717, 1.165) is 27.7 Å². The molecule has 0 aliphatic rings. The van der Waals surface area contributed by atoms with Crippen LogP contribution >= 0.6 is 27.3 Å². The van der Waals surface area contributed by atoms with Crippen molar-refractivity contribution in [3.8, 4) is 0 Å². The molecule has 0 saturated carbocycles. The van der Waals surface area contributed by atoms with Crippen molar-refractivity contribution in [1.29, 1.82) is 0 Å². The molecule has 1 aromatic carbocycles. The number of thiophene rings is 1. The molecule has 0 radical (unpaired) electrons. The molecule has 3 aromatic rings. The van der Waals surface area contributed by atoms with Gasteiger partial charge in [-0.2, -0.15) is 0 Å². The molecule has 0 saturated heterocycles. The summed E-state index contributed by atoms with van der Waals surface area (Å²) in [5.41, 5.74) is 0.914. The zero-order valence-electron chi connectivity index (χ0n) is 10.5. The highest BCUT2D eigenvalue weighted by molar-refractivity contribution is 9.10. The normalized spacial score (nSPS) is 12.9. The molecule has 2 nitrogen and oxygen atoms in total. The molecule has 2 aromatic heterocycles. The van der Waals surface area contributed by atoms with Crippen LogP contribution in [-0.2, 0) is 0 Å². The van der Waals surface area contributed by atoms with Crippen LogP contribution in [0, 0.1) is 0 Å². The van der Waals surface area contributed by atoms with E-state index in [-0.39, 0.29) is 6.04 Å². The summed E-state index contributed by atoms with van der Waals surface area (Å²) in [6, 6.07) is 12.6. The summed E-state index contributed by atoms with van der Waals surface area (Å²) in [7, 11) is 0. The number of nitrogens with one attached hydrogen (secondary N) is 1. The largest absolute Gasteiger partial charge is 0.458 e. The first kappa shape index (κ1) is 12.9. The van der Waals surface area contributed by atoms with E-state index in [9.17, 15) is 0 Å². The van der Waals surface area contributed by atoms with Gasteiger partial charge in [0, 0.05) is 10.3 Å². The Bertz CT molecular complexity index is 675. The van der Waals surface area contributed by atoms with Crippen LogP contribution < -0.4 is 5.32 Å². The Morgan fingerprint density at radius 3 is 2.89 bits per heavy atom. The highest BCUT2D eigenvalue weighted by Crippen LogP contribution is 2.33. The first-order valence-corrected chi connectivity index (χ1v) is 7.91. The second-order valence-corrected chi connectivity index (χ2v) is 6.15. The summed E-state index contributed by atoms with van der Waals surface area (Å²) >= 11 is 5.28. The Balaban J connectivity index is 2.08. The molecular weight excluding hydrogens is 322 g/mol. The van der Waals surface area contributed by atoms with Crippen molar-refractivity contribution in [2.24, 2.45) is 0 Å². The van der Waals surface area contributed by atoms with E-state index >= 15 is 0 Å². The number of rotatable bonds is 4. The van der Waals surface area contributed by atoms with Gasteiger partial charge < -0.3 is 9.73 Å². The minimum absolute atomic E-state index is 0.129. The van der Waals surface area contributed by atoms with Crippen molar-refractivity contribution in [2.45, 2.75) is 13.0 Å². The van der Waals surface area contributed by atoms with Crippen LogP contribution in [0.15, 0.2) is 50.7 Å². The van der Waals surface area contributed by atoms with Crippen molar-refractivity contribution in [1.82, 2.24) is 5.32 Å². The summed E-state index contributed by atoms with van der Waals surface area (Å²) in [6.45, 7) is 3.01. The molecule has 1 N–H and O–H groups in total. The van der Waals surface area contributed by atoms with Gasteiger partial charge in [0.05, 0.1) is 4.47 Å². The molecule has 0 bridgehead atoms. The van der Waals surface area contributed by atoms with Gasteiger partial charge in [-0.3, -0.25) is 0 Å². The van der Waals surface area contributed by atoms with E-state index in [0.29, 0.717) is 0 Å². The molecule has 4 heteroatoms. The zero-order chi connectivity index (χ0) is 13.2. The number of halogens is 1. The van der Waals surface area contributed by atoms with Crippen LogP contribution in [-0.4, -0.2) is 6.54 Å². The summed E-state index contributed by atoms with van der Waals surface area (Å²) in [4.78, 5) is 1.28. The summed E-state index contributed by atoms with van der Waals surface area (Å²) in [6.07, 6.45) is 0. The van der Waals surface area contributed by atoms with Crippen LogP contribution in [0.4, 0.5) is 0 Å². The molecule has 98 valence electrons. The van der Waals surface area contributed by atoms with Gasteiger partial charge in [-0.1, -0.05) is 25.1 Å². The molecule has 3 rings (SSSR count). The Kier molecular flexibility index (Phi) is 3.73. The molecule has 1 atom stereocenters. The standard InChI is InChI=1S/C15H14BrNOS/c1-2-17-14(13-7-4-8-19-13)12-9-10-5-3-6-11(16)15(10)18-12/h3-9,14,17H,2H2,1H3. The maximum atomic E-state index is 6.03. The summed E-state index contributed by atoms with van der Waals surface area (Å²) < 4.78 is 7.03. The lowest BCUT2D eigenvalue weighted by Gasteiger charge is -2.13. The highest BCUT2D eigenvalue weighted by atomic mass is 79.9. The van der Waals surface area contributed by atoms with Crippen LogP contribution in [0.1, 0.15) is 23.6 Å². The lowest BCUT2D eigenvalue weighted by Crippen LogP contribution is -2.20. The smallest absolute Gasteiger partial charge is 0.148 e. The Labute approximate surface area is 124 Å². The van der Waals surface area contributed by atoms with E-state index < -0.39 is 0 Å². The Hall–Kier alpha value is -1.10. The lowest BCUT2D eigenvalue weighted by molar-refractivity contribution is 0.480. The van der Waals surface area contributed by atoms with E-state index in [1.165, 1.54) is 4.88 Å². The van der Waals surface area contributed by atoms with E-state index in [2.05, 4.69) is 57.8 Å². The summed E-state index contributed by atoms with van der Waals surface area (Å²) in [5, 5.41) is 6.71. The third-order valence-electron chi connectivity index (χ3n) is 3.04. The Morgan fingerprint density at radius 1 is 1.32 bits per heavy atom. The number of hydrogen-bond acceptors (Lipinski definition) is 3. The molecule has 0 spiro atoms. The second kappa shape index (κ2) is 5.49. The van der Waals surface area contributed by atoms with Crippen molar-refractivity contribution in [3.63, 3.8) is 0 Å². The third-order valence-corrected chi connectivity index (χ3v) is 4.60. The Morgan fingerprint density at radius 2 is 2.21 bits per heavy atom. The maximum absolute atomic E-state index is 6.03. The number of furan rings is 1. The maximum Gasteiger partial charge on any atom is 0.148 e. The van der Waals surface area contributed by atoms with Gasteiger partial charge in [-0.05, 0) is 46.1 Å². The molecular formula is C15H14BrNOS.